The SMILES string of the molecule is CCn1c(CSc2nnc(C(C)C)n2C)nc2cc(S(=O)(=O)N3CCOCC3)ccc21. The summed E-state index contributed by atoms with van der Waals surface area (Å²) in [6.45, 7) is 8.60. The van der Waals surface area contributed by atoms with E-state index in [1.54, 1.807) is 23.9 Å². The lowest BCUT2D eigenvalue weighted by Gasteiger charge is -2.26. The van der Waals surface area contributed by atoms with Gasteiger partial charge in [0, 0.05) is 32.6 Å². The molecule has 1 aliphatic heterocycles. The molecular formula is C20H28N6O3S2. The van der Waals surface area contributed by atoms with E-state index in [-0.39, 0.29) is 4.90 Å². The largest absolute Gasteiger partial charge is 0.379 e. The molecule has 0 saturated carbocycles. The van der Waals surface area contributed by atoms with Gasteiger partial charge in [-0.25, -0.2) is 13.4 Å². The predicted molar refractivity (Wildman–Crippen MR) is 120 cm³/mol. The number of thioether (sulfide) groups is 1. The van der Waals surface area contributed by atoms with Gasteiger partial charge in [-0.15, -0.1) is 10.2 Å². The number of benzene rings is 1. The maximum atomic E-state index is 13.0. The van der Waals surface area contributed by atoms with Crippen molar-refractivity contribution < 1.29 is 13.2 Å². The number of sulfonamides is 1. The maximum Gasteiger partial charge on any atom is 0.243 e. The van der Waals surface area contributed by atoms with Crippen LogP contribution in [0, 0.1) is 0 Å². The van der Waals surface area contributed by atoms with Crippen molar-refractivity contribution in [3.05, 3.63) is 29.8 Å². The van der Waals surface area contributed by atoms with Crippen molar-refractivity contribution in [2.24, 2.45) is 7.05 Å². The average molecular weight is 465 g/mol. The molecule has 9 nitrogen and oxygen atoms in total. The predicted octanol–water partition coefficient (Wildman–Crippen LogP) is 2.62. The summed E-state index contributed by atoms with van der Waals surface area (Å²) in [5.41, 5.74) is 1.62. The first kappa shape index (κ1) is 22.3. The van der Waals surface area contributed by atoms with Gasteiger partial charge in [0.15, 0.2) is 5.16 Å². The number of aromatic nitrogens is 5. The Balaban J connectivity index is 1.61. The molecule has 1 fully saturated rings. The highest BCUT2D eigenvalue weighted by atomic mass is 32.2. The minimum Gasteiger partial charge on any atom is -0.379 e. The Labute approximate surface area is 186 Å². The Morgan fingerprint density at radius 1 is 1.19 bits per heavy atom. The summed E-state index contributed by atoms with van der Waals surface area (Å²) in [6, 6.07) is 5.21. The molecule has 31 heavy (non-hydrogen) atoms. The topological polar surface area (TPSA) is 95.1 Å². The Morgan fingerprint density at radius 2 is 1.94 bits per heavy atom. The van der Waals surface area contributed by atoms with Crippen LogP contribution >= 0.6 is 11.8 Å². The van der Waals surface area contributed by atoms with Crippen molar-refractivity contribution in [2.45, 2.75) is 49.0 Å². The molecular weight excluding hydrogens is 436 g/mol. The van der Waals surface area contributed by atoms with Crippen molar-refractivity contribution in [1.29, 1.82) is 0 Å². The van der Waals surface area contributed by atoms with Gasteiger partial charge < -0.3 is 13.9 Å². The Kier molecular flexibility index (Phi) is 6.38. The van der Waals surface area contributed by atoms with Gasteiger partial charge >= 0.3 is 0 Å². The van der Waals surface area contributed by atoms with Gasteiger partial charge in [-0.05, 0) is 25.1 Å². The van der Waals surface area contributed by atoms with Gasteiger partial charge in [-0.1, -0.05) is 25.6 Å². The summed E-state index contributed by atoms with van der Waals surface area (Å²) < 4.78 is 36.9. The minimum absolute atomic E-state index is 0.275. The Hall–Kier alpha value is -1.95. The fourth-order valence-corrected chi connectivity index (χ4v) is 6.10. The number of hydrogen-bond acceptors (Lipinski definition) is 7. The molecule has 0 atom stereocenters. The van der Waals surface area contributed by atoms with Crippen LogP contribution in [0.5, 0.6) is 0 Å². The smallest absolute Gasteiger partial charge is 0.243 e. The summed E-state index contributed by atoms with van der Waals surface area (Å²) in [6.07, 6.45) is 0. The maximum absolute atomic E-state index is 13.0. The van der Waals surface area contributed by atoms with Crippen LogP contribution in [0.15, 0.2) is 28.3 Å². The summed E-state index contributed by atoms with van der Waals surface area (Å²) in [4.78, 5) is 5.04. The zero-order valence-electron chi connectivity index (χ0n) is 18.3. The van der Waals surface area contributed by atoms with Crippen molar-refractivity contribution in [3.63, 3.8) is 0 Å². The summed E-state index contributed by atoms with van der Waals surface area (Å²) >= 11 is 1.58. The van der Waals surface area contributed by atoms with E-state index in [0.29, 0.717) is 43.5 Å². The first-order valence-corrected chi connectivity index (χ1v) is 12.8. The summed E-state index contributed by atoms with van der Waals surface area (Å²) in [5, 5.41) is 9.43. The number of fused-ring (bicyclic) bond motifs is 1. The molecule has 0 amide bonds. The third kappa shape index (κ3) is 4.23. The number of aryl methyl sites for hydroxylation is 1. The first-order valence-electron chi connectivity index (χ1n) is 10.4. The molecule has 11 heteroatoms. The van der Waals surface area contributed by atoms with Crippen LogP contribution in [0.2, 0.25) is 0 Å². The van der Waals surface area contributed by atoms with Crippen molar-refractivity contribution in [2.75, 3.05) is 26.3 Å². The molecule has 0 bridgehead atoms. The fourth-order valence-electron chi connectivity index (χ4n) is 3.80. The second-order valence-electron chi connectivity index (χ2n) is 7.78. The first-order chi connectivity index (χ1) is 14.8. The minimum atomic E-state index is -3.55. The number of morpholine rings is 1. The highest BCUT2D eigenvalue weighted by molar-refractivity contribution is 7.98. The molecule has 1 aliphatic rings. The van der Waals surface area contributed by atoms with Crippen LogP contribution < -0.4 is 0 Å². The monoisotopic (exact) mass is 464 g/mol. The van der Waals surface area contributed by atoms with Crippen LogP contribution in [0.3, 0.4) is 0 Å². The Morgan fingerprint density at radius 3 is 2.58 bits per heavy atom. The van der Waals surface area contributed by atoms with Gasteiger partial charge in [0.1, 0.15) is 11.6 Å². The average Bonchev–Trinajstić information content (AvgIpc) is 3.31. The van der Waals surface area contributed by atoms with Gasteiger partial charge in [-0.2, -0.15) is 4.31 Å². The summed E-state index contributed by atoms with van der Waals surface area (Å²) in [5.74, 6) is 2.76. The number of nitrogens with zero attached hydrogens (tertiary/aromatic N) is 6. The molecule has 0 unspecified atom stereocenters. The van der Waals surface area contributed by atoms with Gasteiger partial charge in [-0.3, -0.25) is 0 Å². The third-order valence-electron chi connectivity index (χ3n) is 5.44. The lowest BCUT2D eigenvalue weighted by atomic mass is 10.2. The van der Waals surface area contributed by atoms with Crippen LogP contribution in [0.25, 0.3) is 11.0 Å². The van der Waals surface area contributed by atoms with Gasteiger partial charge in [0.25, 0.3) is 0 Å². The van der Waals surface area contributed by atoms with E-state index in [9.17, 15) is 8.42 Å². The second-order valence-corrected chi connectivity index (χ2v) is 10.7. The molecule has 1 saturated heterocycles. The summed E-state index contributed by atoms with van der Waals surface area (Å²) in [7, 11) is -1.58. The van der Waals surface area contributed by atoms with E-state index in [1.165, 1.54) is 4.31 Å². The molecule has 0 aliphatic carbocycles. The quantitative estimate of drug-likeness (QED) is 0.496. The normalized spacial score (nSPS) is 15.9. The molecule has 0 radical (unpaired) electrons. The van der Waals surface area contributed by atoms with Crippen molar-refractivity contribution >= 4 is 32.8 Å². The van der Waals surface area contributed by atoms with E-state index in [4.69, 9.17) is 9.72 Å². The van der Waals surface area contributed by atoms with Crippen LogP contribution in [0.4, 0.5) is 0 Å². The number of hydrogen-bond donors (Lipinski definition) is 0. The molecule has 3 aromatic rings. The highest BCUT2D eigenvalue weighted by Gasteiger charge is 2.27. The zero-order chi connectivity index (χ0) is 22.2. The Bertz CT molecular complexity index is 1180. The number of ether oxygens (including phenoxy) is 1. The third-order valence-corrected chi connectivity index (χ3v) is 8.35. The second kappa shape index (κ2) is 8.89. The van der Waals surface area contributed by atoms with Gasteiger partial charge in [0.05, 0.1) is 34.9 Å². The lowest BCUT2D eigenvalue weighted by Crippen LogP contribution is -2.40. The van der Waals surface area contributed by atoms with Gasteiger partial charge in [0.2, 0.25) is 10.0 Å². The van der Waals surface area contributed by atoms with Crippen LogP contribution in [-0.2, 0) is 34.1 Å². The lowest BCUT2D eigenvalue weighted by molar-refractivity contribution is 0.0730. The van der Waals surface area contributed by atoms with E-state index >= 15 is 0 Å². The van der Waals surface area contributed by atoms with E-state index in [1.807, 2.05) is 17.7 Å². The van der Waals surface area contributed by atoms with Crippen molar-refractivity contribution in [3.8, 4) is 0 Å². The zero-order valence-corrected chi connectivity index (χ0v) is 19.9. The molecule has 3 heterocycles. The fraction of sp³-hybridized carbons (Fsp3) is 0.550. The molecule has 1 aromatic carbocycles. The van der Waals surface area contributed by atoms with E-state index < -0.39 is 10.0 Å². The standard InChI is InChI=1S/C20H28N6O3S2/c1-5-26-17-7-6-15(31(27,28)25-8-10-29-11-9-25)12-16(17)21-18(26)13-30-20-23-22-19(14(2)3)24(20)4/h6-7,12,14H,5,8-11,13H2,1-4H3. The van der Waals surface area contributed by atoms with Crippen LogP contribution in [0.1, 0.15) is 38.3 Å². The molecule has 0 N–H and O–H groups in total. The van der Waals surface area contributed by atoms with Crippen LogP contribution in [-0.4, -0.2) is 63.3 Å². The number of rotatable bonds is 7. The van der Waals surface area contributed by atoms with E-state index in [2.05, 4.69) is 35.5 Å². The van der Waals surface area contributed by atoms with Crippen molar-refractivity contribution in [1.82, 2.24) is 28.6 Å². The van der Waals surface area contributed by atoms with E-state index in [0.717, 1.165) is 28.9 Å². The molecule has 0 spiro atoms. The number of imidazole rings is 1. The highest BCUT2D eigenvalue weighted by Crippen LogP contribution is 2.27. The molecule has 168 valence electrons. The molecule has 4 rings (SSSR count). The molecule has 2 aromatic heterocycles.